The van der Waals surface area contributed by atoms with E-state index in [9.17, 15) is 9.59 Å². The number of hydrogen-bond donors (Lipinski definition) is 1. The SMILES string of the molecule is CCOC(=O)NCC(=O)c1cccc(Cl)c1. The topological polar surface area (TPSA) is 55.4 Å². The molecule has 0 saturated heterocycles. The van der Waals surface area contributed by atoms with Crippen molar-refractivity contribution < 1.29 is 14.3 Å². The van der Waals surface area contributed by atoms with Gasteiger partial charge in [0.1, 0.15) is 0 Å². The fourth-order valence-corrected chi connectivity index (χ4v) is 1.29. The molecule has 0 unspecified atom stereocenters. The number of benzene rings is 1. The molecule has 0 spiro atoms. The van der Waals surface area contributed by atoms with Gasteiger partial charge in [-0.1, -0.05) is 23.7 Å². The number of nitrogens with one attached hydrogen (secondary N) is 1. The van der Waals surface area contributed by atoms with Crippen LogP contribution >= 0.6 is 11.6 Å². The van der Waals surface area contributed by atoms with Crippen LogP contribution in [0.1, 0.15) is 17.3 Å². The van der Waals surface area contributed by atoms with Crippen molar-refractivity contribution in [2.24, 2.45) is 0 Å². The summed E-state index contributed by atoms with van der Waals surface area (Å²) in [6.07, 6.45) is -0.599. The van der Waals surface area contributed by atoms with Crippen molar-refractivity contribution in [3.05, 3.63) is 34.9 Å². The van der Waals surface area contributed by atoms with Gasteiger partial charge in [0.05, 0.1) is 13.2 Å². The average Bonchev–Trinajstić information content (AvgIpc) is 2.26. The molecule has 0 aliphatic rings. The lowest BCUT2D eigenvalue weighted by Crippen LogP contribution is -2.30. The quantitative estimate of drug-likeness (QED) is 0.823. The van der Waals surface area contributed by atoms with Crippen molar-refractivity contribution >= 4 is 23.5 Å². The molecule has 1 amide bonds. The third-order valence-corrected chi connectivity index (χ3v) is 2.05. The van der Waals surface area contributed by atoms with Crippen molar-refractivity contribution in [1.29, 1.82) is 0 Å². The number of alkyl carbamates (subject to hydrolysis) is 1. The maximum Gasteiger partial charge on any atom is 0.407 e. The van der Waals surface area contributed by atoms with Crippen LogP contribution in [0.15, 0.2) is 24.3 Å². The predicted octanol–water partition coefficient (Wildman–Crippen LogP) is 2.27. The van der Waals surface area contributed by atoms with Crippen molar-refractivity contribution in [2.75, 3.05) is 13.2 Å². The number of ether oxygens (including phenoxy) is 1. The van der Waals surface area contributed by atoms with Gasteiger partial charge >= 0.3 is 6.09 Å². The van der Waals surface area contributed by atoms with Crippen LogP contribution in [-0.4, -0.2) is 25.0 Å². The van der Waals surface area contributed by atoms with Crippen LogP contribution in [0.2, 0.25) is 5.02 Å². The Hall–Kier alpha value is -1.55. The van der Waals surface area contributed by atoms with E-state index in [2.05, 4.69) is 10.1 Å². The highest BCUT2D eigenvalue weighted by Crippen LogP contribution is 2.10. The lowest BCUT2D eigenvalue weighted by atomic mass is 10.1. The Morgan fingerprint density at radius 2 is 2.19 bits per heavy atom. The Balaban J connectivity index is 2.50. The van der Waals surface area contributed by atoms with Gasteiger partial charge in [-0.05, 0) is 19.1 Å². The molecule has 0 fully saturated rings. The van der Waals surface area contributed by atoms with Gasteiger partial charge in [-0.2, -0.15) is 0 Å². The van der Waals surface area contributed by atoms with E-state index in [1.54, 1.807) is 31.2 Å². The molecule has 4 nitrogen and oxygen atoms in total. The number of hydrogen-bond acceptors (Lipinski definition) is 3. The fourth-order valence-electron chi connectivity index (χ4n) is 1.10. The highest BCUT2D eigenvalue weighted by molar-refractivity contribution is 6.31. The second-order valence-corrected chi connectivity index (χ2v) is 3.44. The van der Waals surface area contributed by atoms with Gasteiger partial charge in [-0.25, -0.2) is 4.79 Å². The average molecular weight is 242 g/mol. The largest absolute Gasteiger partial charge is 0.450 e. The van der Waals surface area contributed by atoms with Crippen molar-refractivity contribution in [1.82, 2.24) is 5.32 Å². The minimum Gasteiger partial charge on any atom is -0.450 e. The summed E-state index contributed by atoms with van der Waals surface area (Å²) in [5.41, 5.74) is 0.462. The minimum absolute atomic E-state index is 0.0980. The third-order valence-electron chi connectivity index (χ3n) is 1.82. The Morgan fingerprint density at radius 3 is 2.81 bits per heavy atom. The summed E-state index contributed by atoms with van der Waals surface area (Å²) in [4.78, 5) is 22.5. The van der Waals surface area contributed by atoms with E-state index < -0.39 is 6.09 Å². The van der Waals surface area contributed by atoms with Gasteiger partial charge in [0.25, 0.3) is 0 Å². The Bertz CT molecular complexity index is 393. The molecule has 0 radical (unpaired) electrons. The second kappa shape index (κ2) is 6.12. The van der Waals surface area contributed by atoms with Crippen LogP contribution < -0.4 is 5.32 Å². The van der Waals surface area contributed by atoms with Gasteiger partial charge in [0.2, 0.25) is 0 Å². The molecule has 0 aliphatic carbocycles. The summed E-state index contributed by atoms with van der Waals surface area (Å²) in [6.45, 7) is 1.87. The summed E-state index contributed by atoms with van der Waals surface area (Å²) in [5.74, 6) is -0.212. The molecule has 0 aromatic heterocycles. The molecule has 86 valence electrons. The molecule has 0 aliphatic heterocycles. The molecule has 0 bridgehead atoms. The zero-order chi connectivity index (χ0) is 12.0. The normalized spacial score (nSPS) is 9.62. The molecule has 1 aromatic carbocycles. The number of ketones is 1. The number of amides is 1. The van der Waals surface area contributed by atoms with Crippen molar-refractivity contribution in [2.45, 2.75) is 6.92 Å². The van der Waals surface area contributed by atoms with E-state index in [-0.39, 0.29) is 18.9 Å². The first-order valence-electron chi connectivity index (χ1n) is 4.83. The molecule has 16 heavy (non-hydrogen) atoms. The molecule has 0 saturated carbocycles. The van der Waals surface area contributed by atoms with Crippen LogP contribution in [0.4, 0.5) is 4.79 Å². The molecule has 0 atom stereocenters. The van der Waals surface area contributed by atoms with Crippen LogP contribution in [0.25, 0.3) is 0 Å². The maximum absolute atomic E-state index is 11.6. The Labute approximate surface area is 98.5 Å². The highest BCUT2D eigenvalue weighted by atomic mass is 35.5. The van der Waals surface area contributed by atoms with Crippen molar-refractivity contribution in [3.63, 3.8) is 0 Å². The number of halogens is 1. The Kier molecular flexibility index (Phi) is 4.79. The summed E-state index contributed by atoms with van der Waals surface area (Å²) >= 11 is 5.74. The van der Waals surface area contributed by atoms with Crippen LogP contribution in [-0.2, 0) is 4.74 Å². The molecule has 1 rings (SSSR count). The lowest BCUT2D eigenvalue weighted by Gasteiger charge is -2.04. The third kappa shape index (κ3) is 3.90. The number of rotatable bonds is 4. The summed E-state index contributed by atoms with van der Waals surface area (Å²) < 4.78 is 4.62. The molecular formula is C11H12ClNO3. The van der Waals surface area contributed by atoms with Gasteiger partial charge in [-0.3, -0.25) is 4.79 Å². The van der Waals surface area contributed by atoms with E-state index in [4.69, 9.17) is 11.6 Å². The first-order valence-corrected chi connectivity index (χ1v) is 5.20. The number of carbonyl (C=O) groups excluding carboxylic acids is 2. The van der Waals surface area contributed by atoms with Crippen molar-refractivity contribution in [3.8, 4) is 0 Å². The standard InChI is InChI=1S/C11H12ClNO3/c1-2-16-11(15)13-7-10(14)8-4-3-5-9(12)6-8/h3-6H,2,7H2,1H3,(H,13,15). The molecule has 5 heteroatoms. The summed E-state index contributed by atoms with van der Waals surface area (Å²) in [5, 5.41) is 2.84. The summed E-state index contributed by atoms with van der Waals surface area (Å²) in [7, 11) is 0. The van der Waals surface area contributed by atoms with E-state index in [1.165, 1.54) is 0 Å². The van der Waals surface area contributed by atoms with E-state index in [0.29, 0.717) is 10.6 Å². The molecule has 1 aromatic rings. The number of carbonyl (C=O) groups is 2. The van der Waals surface area contributed by atoms with Gasteiger partial charge in [0, 0.05) is 10.6 Å². The zero-order valence-corrected chi connectivity index (χ0v) is 9.58. The van der Waals surface area contributed by atoms with E-state index in [0.717, 1.165) is 0 Å². The van der Waals surface area contributed by atoms with Crippen LogP contribution in [0.5, 0.6) is 0 Å². The zero-order valence-electron chi connectivity index (χ0n) is 8.83. The van der Waals surface area contributed by atoms with E-state index in [1.807, 2.05) is 0 Å². The smallest absolute Gasteiger partial charge is 0.407 e. The molecular weight excluding hydrogens is 230 g/mol. The monoisotopic (exact) mass is 241 g/mol. The van der Waals surface area contributed by atoms with Gasteiger partial charge in [-0.15, -0.1) is 0 Å². The minimum atomic E-state index is -0.599. The van der Waals surface area contributed by atoms with Crippen LogP contribution in [0.3, 0.4) is 0 Å². The Morgan fingerprint density at radius 1 is 1.44 bits per heavy atom. The molecule has 0 heterocycles. The van der Waals surface area contributed by atoms with E-state index >= 15 is 0 Å². The predicted molar refractivity (Wildman–Crippen MR) is 60.8 cm³/mol. The van der Waals surface area contributed by atoms with Gasteiger partial charge < -0.3 is 10.1 Å². The highest BCUT2D eigenvalue weighted by Gasteiger charge is 2.08. The number of Topliss-reactive ketones (excluding diaryl/α,β-unsaturated/α-hetero) is 1. The molecule has 1 N–H and O–H groups in total. The van der Waals surface area contributed by atoms with Gasteiger partial charge in [0.15, 0.2) is 5.78 Å². The first-order chi connectivity index (χ1) is 7.63. The maximum atomic E-state index is 11.6. The lowest BCUT2D eigenvalue weighted by molar-refractivity contribution is 0.0979. The second-order valence-electron chi connectivity index (χ2n) is 3.01. The fraction of sp³-hybridized carbons (Fsp3) is 0.273. The van der Waals surface area contributed by atoms with Crippen LogP contribution in [0, 0.1) is 0 Å². The first kappa shape index (κ1) is 12.5. The summed E-state index contributed by atoms with van der Waals surface area (Å²) in [6, 6.07) is 6.55.